The zero-order valence-electron chi connectivity index (χ0n) is 15.1. The average molecular weight is 367 g/mol. The molecule has 2 aromatic heterocycles. The van der Waals surface area contributed by atoms with Gasteiger partial charge in [-0.3, -0.25) is 9.48 Å². The third-order valence-electron chi connectivity index (χ3n) is 4.37. The highest BCUT2D eigenvalue weighted by molar-refractivity contribution is 6.07. The lowest BCUT2D eigenvalue weighted by Crippen LogP contribution is -1.97. The molecule has 4 rings (SSSR count). The molecule has 0 amide bonds. The predicted molar refractivity (Wildman–Crippen MR) is 107 cm³/mol. The number of allylic oxidation sites excluding steroid dienone is 1. The molecule has 0 saturated carbocycles. The number of rotatable bonds is 6. The van der Waals surface area contributed by atoms with Crippen LogP contribution in [-0.4, -0.2) is 15.6 Å². The molecule has 0 radical (unpaired) electrons. The van der Waals surface area contributed by atoms with Gasteiger partial charge in [0, 0.05) is 22.7 Å². The molecule has 0 bridgehead atoms. The lowest BCUT2D eigenvalue weighted by atomic mass is 10.1. The number of fused-ring (bicyclic) bond motifs is 1. The van der Waals surface area contributed by atoms with Gasteiger partial charge in [-0.05, 0) is 24.3 Å². The second-order valence-corrected chi connectivity index (χ2v) is 6.32. The summed E-state index contributed by atoms with van der Waals surface area (Å²) in [5, 5.41) is 14.3. The number of benzene rings is 2. The summed E-state index contributed by atoms with van der Waals surface area (Å²) < 4.78 is 7.37. The minimum atomic E-state index is -0.208. The molecule has 0 atom stereocenters. The van der Waals surface area contributed by atoms with E-state index in [1.807, 2.05) is 60.8 Å². The number of carbonyl (C=O) groups excluding carboxylic acids is 1. The molecule has 0 aliphatic rings. The third-order valence-corrected chi connectivity index (χ3v) is 4.37. The van der Waals surface area contributed by atoms with E-state index in [-0.39, 0.29) is 5.78 Å². The Balaban J connectivity index is 1.64. The van der Waals surface area contributed by atoms with Gasteiger partial charge in [0.2, 0.25) is 5.78 Å². The van der Waals surface area contributed by atoms with Crippen LogP contribution in [0.4, 0.5) is 0 Å². The lowest BCUT2D eigenvalue weighted by Gasteiger charge is -1.98. The van der Waals surface area contributed by atoms with Crippen molar-refractivity contribution in [1.82, 2.24) is 9.78 Å². The molecule has 0 aliphatic carbocycles. The van der Waals surface area contributed by atoms with Crippen molar-refractivity contribution in [1.29, 1.82) is 5.26 Å². The zero-order valence-corrected chi connectivity index (χ0v) is 15.1. The van der Waals surface area contributed by atoms with Gasteiger partial charge in [-0.25, -0.2) is 0 Å². The molecule has 0 aliphatic heterocycles. The maximum absolute atomic E-state index is 12.6. The topological polar surface area (TPSA) is 71.8 Å². The van der Waals surface area contributed by atoms with E-state index < -0.39 is 0 Å². The number of ketones is 1. The normalized spacial score (nSPS) is 11.1. The molecule has 2 aromatic carbocycles. The maximum Gasteiger partial charge on any atom is 0.221 e. The van der Waals surface area contributed by atoms with Crippen LogP contribution in [0.1, 0.15) is 22.5 Å². The Morgan fingerprint density at radius 1 is 1.14 bits per heavy atom. The highest BCUT2D eigenvalue weighted by Crippen LogP contribution is 2.24. The second-order valence-electron chi connectivity index (χ2n) is 6.32. The quantitative estimate of drug-likeness (QED) is 0.351. The Morgan fingerprint density at radius 3 is 2.71 bits per heavy atom. The van der Waals surface area contributed by atoms with E-state index in [4.69, 9.17) is 9.68 Å². The Bertz CT molecular complexity index is 1160. The van der Waals surface area contributed by atoms with Crippen molar-refractivity contribution in [2.45, 2.75) is 13.0 Å². The van der Waals surface area contributed by atoms with E-state index >= 15 is 0 Å². The summed E-state index contributed by atoms with van der Waals surface area (Å²) in [4.78, 5) is 12.6. The predicted octanol–water partition coefficient (Wildman–Crippen LogP) is 5.11. The van der Waals surface area contributed by atoms with E-state index in [1.54, 1.807) is 16.8 Å². The van der Waals surface area contributed by atoms with Gasteiger partial charge in [-0.2, -0.15) is 10.4 Å². The van der Waals surface area contributed by atoms with Crippen LogP contribution in [0.3, 0.4) is 0 Å². The molecule has 0 unspecified atom stereocenters. The van der Waals surface area contributed by atoms with Gasteiger partial charge in [-0.15, -0.1) is 0 Å². The molecule has 2 heterocycles. The van der Waals surface area contributed by atoms with E-state index in [0.29, 0.717) is 24.3 Å². The molecule has 136 valence electrons. The fourth-order valence-electron chi connectivity index (χ4n) is 3.01. The van der Waals surface area contributed by atoms with E-state index in [0.717, 1.165) is 22.2 Å². The molecular weight excluding hydrogens is 350 g/mol. The summed E-state index contributed by atoms with van der Waals surface area (Å²) in [5.41, 5.74) is 3.23. The van der Waals surface area contributed by atoms with Crippen LogP contribution < -0.4 is 0 Å². The lowest BCUT2D eigenvalue weighted by molar-refractivity contribution is 0.102. The number of para-hydroxylation sites is 1. The van der Waals surface area contributed by atoms with Gasteiger partial charge in [0.25, 0.3) is 0 Å². The van der Waals surface area contributed by atoms with E-state index in [1.165, 1.54) is 6.08 Å². The Kier molecular flexibility index (Phi) is 4.85. The maximum atomic E-state index is 12.6. The molecule has 5 heteroatoms. The number of nitriles is 1. The number of furan rings is 1. The average Bonchev–Trinajstić information content (AvgIpc) is 3.35. The minimum Gasteiger partial charge on any atom is -0.453 e. The standard InChI is InChI=1S/C23H17N3O2/c24-13-6-14-26-16-19(23(25-26)17-7-2-1-3-8-17)11-12-20(27)22-15-18-9-4-5-10-21(18)28-22/h1-5,7-12,15-16H,6,14H2/b12-11+. The van der Waals surface area contributed by atoms with E-state index in [2.05, 4.69) is 11.2 Å². The summed E-state index contributed by atoms with van der Waals surface area (Å²) >= 11 is 0. The minimum absolute atomic E-state index is 0.208. The van der Waals surface area contributed by atoms with Gasteiger partial charge in [-0.1, -0.05) is 48.5 Å². The van der Waals surface area contributed by atoms with Gasteiger partial charge in [0.05, 0.1) is 24.7 Å². The van der Waals surface area contributed by atoms with Gasteiger partial charge < -0.3 is 4.42 Å². The van der Waals surface area contributed by atoms with Crippen LogP contribution in [-0.2, 0) is 6.54 Å². The number of hydrogen-bond acceptors (Lipinski definition) is 4. The van der Waals surface area contributed by atoms with Crippen LogP contribution in [0.25, 0.3) is 28.3 Å². The molecule has 5 nitrogen and oxygen atoms in total. The summed E-state index contributed by atoms with van der Waals surface area (Å²) in [6, 6.07) is 21.2. The first-order valence-corrected chi connectivity index (χ1v) is 8.95. The van der Waals surface area contributed by atoms with Gasteiger partial charge in [0.15, 0.2) is 5.76 Å². The molecule has 0 spiro atoms. The molecule has 28 heavy (non-hydrogen) atoms. The fraction of sp³-hybridized carbons (Fsp3) is 0.0870. The number of nitrogens with zero attached hydrogens (tertiary/aromatic N) is 3. The van der Waals surface area contributed by atoms with Crippen molar-refractivity contribution < 1.29 is 9.21 Å². The SMILES string of the molecule is N#CCCn1cc(/C=C/C(=O)c2cc3ccccc3o2)c(-c2ccccc2)n1. The van der Waals surface area contributed by atoms with Crippen molar-refractivity contribution in [3.63, 3.8) is 0 Å². The summed E-state index contributed by atoms with van der Waals surface area (Å²) in [6.45, 7) is 0.502. The Labute approximate surface area is 162 Å². The first kappa shape index (κ1) is 17.5. The second kappa shape index (κ2) is 7.77. The number of carbonyl (C=O) groups is 1. The molecule has 4 aromatic rings. The van der Waals surface area contributed by atoms with Crippen molar-refractivity contribution in [2.24, 2.45) is 0 Å². The van der Waals surface area contributed by atoms with Crippen molar-refractivity contribution in [2.75, 3.05) is 0 Å². The van der Waals surface area contributed by atoms with Crippen LogP contribution in [0, 0.1) is 11.3 Å². The van der Waals surface area contributed by atoms with Crippen LogP contribution in [0.5, 0.6) is 0 Å². The van der Waals surface area contributed by atoms with E-state index in [9.17, 15) is 4.79 Å². The molecule has 0 N–H and O–H groups in total. The Hall–Kier alpha value is -3.91. The van der Waals surface area contributed by atoms with Crippen molar-refractivity contribution in [3.05, 3.63) is 84.3 Å². The Morgan fingerprint density at radius 2 is 1.93 bits per heavy atom. The number of hydrogen-bond donors (Lipinski definition) is 0. The summed E-state index contributed by atoms with van der Waals surface area (Å²) in [6.07, 6.45) is 5.46. The molecule has 0 fully saturated rings. The van der Waals surface area contributed by atoms with Crippen LogP contribution >= 0.6 is 0 Å². The smallest absolute Gasteiger partial charge is 0.221 e. The van der Waals surface area contributed by atoms with Crippen LogP contribution in [0.15, 0.2) is 77.4 Å². The first-order chi connectivity index (χ1) is 13.7. The van der Waals surface area contributed by atoms with Crippen LogP contribution in [0.2, 0.25) is 0 Å². The molecule has 0 saturated heterocycles. The monoisotopic (exact) mass is 367 g/mol. The van der Waals surface area contributed by atoms with Gasteiger partial charge >= 0.3 is 0 Å². The highest BCUT2D eigenvalue weighted by atomic mass is 16.3. The highest BCUT2D eigenvalue weighted by Gasteiger charge is 2.12. The van der Waals surface area contributed by atoms with Gasteiger partial charge in [0.1, 0.15) is 5.58 Å². The van der Waals surface area contributed by atoms with Crippen molar-refractivity contribution >= 4 is 22.8 Å². The third kappa shape index (κ3) is 3.62. The summed E-state index contributed by atoms with van der Waals surface area (Å²) in [7, 11) is 0. The molecular formula is C23H17N3O2. The zero-order chi connectivity index (χ0) is 19.3. The largest absolute Gasteiger partial charge is 0.453 e. The first-order valence-electron chi connectivity index (χ1n) is 8.95. The summed E-state index contributed by atoms with van der Waals surface area (Å²) in [5.74, 6) is 0.0931. The number of aromatic nitrogens is 2. The van der Waals surface area contributed by atoms with Crippen molar-refractivity contribution in [3.8, 4) is 17.3 Å². The fourth-order valence-corrected chi connectivity index (χ4v) is 3.01. The number of aryl methyl sites for hydroxylation is 1.